The number of amides is 12. The molecule has 2 aromatic carbocycles. The summed E-state index contributed by atoms with van der Waals surface area (Å²) in [6, 6.07) is 1.34. The van der Waals surface area contributed by atoms with Crippen LogP contribution in [0.1, 0.15) is 162 Å². The first-order valence-electron chi connectivity index (χ1n) is 37.1. The summed E-state index contributed by atoms with van der Waals surface area (Å²) in [6.45, 7) is 14.4. The molecule has 107 heavy (non-hydrogen) atoms. The van der Waals surface area contributed by atoms with Crippen LogP contribution in [-0.4, -0.2) is 190 Å². The van der Waals surface area contributed by atoms with Crippen molar-refractivity contribution in [3.63, 3.8) is 0 Å². The Hall–Kier alpha value is -9.86. The number of imidazole rings is 1. The van der Waals surface area contributed by atoms with E-state index < -0.39 is 168 Å². The number of carbonyl (C=O) groups excluding carboxylic acids is 12. The lowest BCUT2D eigenvalue weighted by atomic mass is 9.95. The van der Waals surface area contributed by atoms with Crippen molar-refractivity contribution in [2.45, 2.75) is 231 Å². The molecule has 33 nitrogen and oxygen atoms in total. The van der Waals surface area contributed by atoms with Gasteiger partial charge in [-0.05, 0) is 131 Å². The number of primary amides is 1. The minimum atomic E-state index is -1.58. The second kappa shape index (κ2) is 47.0. The van der Waals surface area contributed by atoms with Gasteiger partial charge >= 0.3 is 5.97 Å². The Morgan fingerprint density at radius 2 is 0.944 bits per heavy atom. The third-order valence-electron chi connectivity index (χ3n) is 18.2. The molecule has 4 aromatic rings. The summed E-state index contributed by atoms with van der Waals surface area (Å²) in [6.07, 6.45) is 6.98. The number of carboxylic acid groups (broad SMARTS) is 1. The van der Waals surface area contributed by atoms with E-state index >= 15 is 0 Å². The largest absolute Gasteiger partial charge is 0.480 e. The van der Waals surface area contributed by atoms with Crippen LogP contribution in [-0.2, 0) is 81.6 Å². The van der Waals surface area contributed by atoms with Gasteiger partial charge in [-0.3, -0.25) is 57.5 Å². The van der Waals surface area contributed by atoms with Gasteiger partial charge < -0.3 is 102 Å². The van der Waals surface area contributed by atoms with Gasteiger partial charge in [0.05, 0.1) is 18.9 Å². The van der Waals surface area contributed by atoms with Crippen molar-refractivity contribution in [3.05, 3.63) is 90.1 Å². The lowest BCUT2D eigenvalue weighted by Gasteiger charge is -2.30. The highest BCUT2D eigenvalue weighted by atomic mass is 16.4. The lowest BCUT2D eigenvalue weighted by molar-refractivity contribution is -0.142. The molecule has 2 heterocycles. The van der Waals surface area contributed by atoms with Crippen LogP contribution < -0.4 is 87.2 Å². The van der Waals surface area contributed by atoms with Gasteiger partial charge in [-0.15, -0.1) is 0 Å². The molecule has 33 heteroatoms. The van der Waals surface area contributed by atoms with Gasteiger partial charge in [-0.2, -0.15) is 0 Å². The highest BCUT2D eigenvalue weighted by molar-refractivity contribution is 6.00. The third-order valence-corrected chi connectivity index (χ3v) is 18.2. The number of H-pyrrole nitrogens is 2. The van der Waals surface area contributed by atoms with Crippen molar-refractivity contribution in [2.24, 2.45) is 52.3 Å². The van der Waals surface area contributed by atoms with Crippen LogP contribution in [0, 0.1) is 23.7 Å². The summed E-state index contributed by atoms with van der Waals surface area (Å²) in [7, 11) is 0. The second-order valence-corrected chi connectivity index (χ2v) is 28.5. The Labute approximate surface area is 625 Å². The predicted molar refractivity (Wildman–Crippen MR) is 403 cm³/mol. The molecule has 0 saturated carbocycles. The van der Waals surface area contributed by atoms with Crippen LogP contribution >= 0.6 is 0 Å². The first-order valence-corrected chi connectivity index (χ1v) is 37.1. The van der Waals surface area contributed by atoms with E-state index in [0.717, 1.165) is 10.9 Å². The van der Waals surface area contributed by atoms with Crippen LogP contribution in [0.4, 0.5) is 0 Å². The molecule has 0 radical (unpaired) electrons. The monoisotopic (exact) mass is 1500 g/mol. The van der Waals surface area contributed by atoms with E-state index in [2.05, 4.69) is 73.4 Å². The normalized spacial score (nSPS) is 14.8. The zero-order chi connectivity index (χ0) is 79.3. The maximum atomic E-state index is 14.8. The third kappa shape index (κ3) is 31.6. The quantitative estimate of drug-likeness (QED) is 0.0253. The number of nitrogens with two attached hydrogens (primary N) is 5. The molecule has 0 spiro atoms. The maximum Gasteiger partial charge on any atom is 0.326 e. The van der Waals surface area contributed by atoms with Crippen LogP contribution in [0.15, 0.2) is 73.3 Å². The second-order valence-electron chi connectivity index (χ2n) is 28.5. The number of aliphatic carboxylic acids is 1. The smallest absolute Gasteiger partial charge is 0.326 e. The summed E-state index contributed by atoms with van der Waals surface area (Å²) in [5.74, 6) is -12.5. The Bertz CT molecular complexity index is 3520. The van der Waals surface area contributed by atoms with Crippen molar-refractivity contribution < 1.29 is 67.4 Å². The van der Waals surface area contributed by atoms with Gasteiger partial charge in [0, 0.05) is 54.7 Å². The van der Waals surface area contributed by atoms with E-state index in [1.807, 2.05) is 18.2 Å². The van der Waals surface area contributed by atoms with Crippen LogP contribution in [0.25, 0.3) is 10.9 Å². The van der Waals surface area contributed by atoms with Crippen LogP contribution in [0.2, 0.25) is 0 Å². The number of fused-ring (bicyclic) bond motifs is 1. The molecular weight excluding hydrogens is 1380 g/mol. The maximum absolute atomic E-state index is 14.8. The predicted octanol–water partition coefficient (Wildman–Crippen LogP) is -0.258. The minimum Gasteiger partial charge on any atom is -0.480 e. The van der Waals surface area contributed by atoms with E-state index in [4.69, 9.17) is 28.7 Å². The molecule has 0 fully saturated rings. The average Bonchev–Trinajstić information content (AvgIpc) is 1.75. The number of unbranched alkanes of at least 4 members (excludes halogenated alkanes) is 3. The molecule has 12 amide bonds. The summed E-state index contributed by atoms with van der Waals surface area (Å²) < 4.78 is 0. The minimum absolute atomic E-state index is 0.0261. The zero-order valence-electron chi connectivity index (χ0n) is 63.0. The number of hydrogen-bond acceptors (Lipinski definition) is 18. The Kier molecular flexibility index (Phi) is 39.3. The molecule has 592 valence electrons. The summed E-state index contributed by atoms with van der Waals surface area (Å²) in [5.41, 5.74) is 31.1. The highest BCUT2D eigenvalue weighted by Crippen LogP contribution is 2.21. The molecule has 2 aromatic heterocycles. The van der Waals surface area contributed by atoms with E-state index in [1.165, 1.54) is 12.5 Å². The van der Waals surface area contributed by atoms with Crippen LogP contribution in [0.3, 0.4) is 0 Å². The number of para-hydroxylation sites is 1. The SMILES string of the molecule is CC[C@H](C)[C@H](NC(=O)[C@H](CC(C)C)NC(=O)[C@H](Cc1c[nH]c2ccccc12)NC(=O)CNC(=O)[C@@H](NC(=O)[C@H](N)CCCCN)C(C)C)C(=O)N[C@@H](CCC(N)=O)C(=O)N[C@@H](CC(C)C)C(=O)N[C@@H](Cc1ccccc1)C(=O)N[C@@H](Cc1cnc[nH]1)C(=O)N[C@@H](CCCCN)C(=O)N[C@@H](CCCCN)C(=O)O. The first-order chi connectivity index (χ1) is 50.9. The van der Waals surface area contributed by atoms with Crippen molar-refractivity contribution >= 4 is 87.8 Å². The zero-order valence-corrected chi connectivity index (χ0v) is 63.0. The van der Waals surface area contributed by atoms with Crippen molar-refractivity contribution in [2.75, 3.05) is 26.2 Å². The fourth-order valence-electron chi connectivity index (χ4n) is 11.9. The lowest BCUT2D eigenvalue weighted by Crippen LogP contribution is -2.61. The molecule has 0 aliphatic rings. The Balaban J connectivity index is 1.62. The van der Waals surface area contributed by atoms with E-state index in [0.29, 0.717) is 81.3 Å². The summed E-state index contributed by atoms with van der Waals surface area (Å²) in [4.78, 5) is 192. The summed E-state index contributed by atoms with van der Waals surface area (Å²) in [5, 5.41) is 40.4. The first kappa shape index (κ1) is 89.5. The Morgan fingerprint density at radius 3 is 1.48 bits per heavy atom. The summed E-state index contributed by atoms with van der Waals surface area (Å²) >= 11 is 0. The van der Waals surface area contributed by atoms with Crippen LogP contribution in [0.5, 0.6) is 0 Å². The van der Waals surface area contributed by atoms with Gasteiger partial charge in [0.1, 0.15) is 60.4 Å². The van der Waals surface area contributed by atoms with Gasteiger partial charge in [0.25, 0.3) is 0 Å². The van der Waals surface area contributed by atoms with E-state index in [1.54, 1.807) is 98.0 Å². The molecule has 24 N–H and O–H groups in total. The number of benzene rings is 2. The number of nitrogens with one attached hydrogen (secondary N) is 13. The van der Waals surface area contributed by atoms with Crippen molar-refractivity contribution in [3.8, 4) is 0 Å². The molecule has 0 aliphatic heterocycles. The Morgan fingerprint density at radius 1 is 0.477 bits per heavy atom. The van der Waals surface area contributed by atoms with Gasteiger partial charge in [-0.25, -0.2) is 9.78 Å². The van der Waals surface area contributed by atoms with Crippen molar-refractivity contribution in [1.29, 1.82) is 0 Å². The van der Waals surface area contributed by atoms with E-state index in [9.17, 15) is 67.4 Å². The number of aromatic nitrogens is 3. The number of carboxylic acids is 1. The number of rotatable bonds is 51. The van der Waals surface area contributed by atoms with Gasteiger partial charge in [0.15, 0.2) is 0 Å². The number of nitrogens with zero attached hydrogens (tertiary/aromatic N) is 1. The topological polar surface area (TPSA) is 549 Å². The number of hydrogen-bond donors (Lipinski definition) is 19. The molecule has 0 saturated heterocycles. The molecule has 0 aliphatic carbocycles. The molecule has 12 atom stereocenters. The molecule has 4 rings (SSSR count). The van der Waals surface area contributed by atoms with E-state index in [-0.39, 0.29) is 69.7 Å². The molecular formula is C74H117N19O14. The average molecular weight is 1500 g/mol. The van der Waals surface area contributed by atoms with Gasteiger partial charge in [0.2, 0.25) is 70.9 Å². The van der Waals surface area contributed by atoms with Crippen molar-refractivity contribution in [1.82, 2.24) is 73.4 Å². The fourth-order valence-corrected chi connectivity index (χ4v) is 11.9. The standard InChI is InChI=1S/C74H117N19O14/c1-9-45(8)63(93-71(103)56(34-43(4)5)89-69(101)58(36-47-38-81-51-25-14-13-23-49(47)51)84-61(95)40-82-72(104)62(44(6)7)92-64(96)50(78)24-15-18-30-75)73(105)86-53(28-29-60(79)94)66(98)88-55(33-42(2)3)67(99)90-57(35-46-21-11-10-12-22-46)68(100)91-59(37-48-39-80-41-83-48)70(102)85-52(26-16-19-31-76)65(97)87-54(74(106)107)27-17-20-32-77/h10-14,21-23,25,38-39,41-45,50,52-59,62-63,81H,9,15-20,24,26-37,40,75-78H2,1-8H3,(H2,79,94)(H,80,83)(H,82,104)(H,84,95)(H,85,102)(H,86,105)(H,87,97)(H,88,98)(H,89,101)(H,90,99)(H,91,100)(H,92,96)(H,93,103)(H,106,107)/t45-,50+,52-,53-,54-,55-,56-,57-,58-,59-,62-,63-/m0/s1. The fraction of sp³-hybridized carbons (Fsp3) is 0.595. The number of aromatic amines is 2. The molecule has 0 unspecified atom stereocenters. The molecule has 0 bridgehead atoms. The van der Waals surface area contributed by atoms with Gasteiger partial charge in [-0.1, -0.05) is 117 Å². The highest BCUT2D eigenvalue weighted by Gasteiger charge is 2.38. The number of carbonyl (C=O) groups is 13.